The van der Waals surface area contributed by atoms with Crippen molar-refractivity contribution in [3.8, 4) is 0 Å². The molecule has 0 radical (unpaired) electrons. The average Bonchev–Trinajstić information content (AvgIpc) is 2.84. The van der Waals surface area contributed by atoms with Crippen LogP contribution in [0.2, 0.25) is 0 Å². The molecule has 0 saturated heterocycles. The minimum Gasteiger partial charge on any atom is -0.295 e. The maximum Gasteiger partial charge on any atom is 0.155 e. The first-order valence-electron chi connectivity index (χ1n) is 10.1. The standard InChI is InChI=1S/C23H32O/c1-4-5-12-22(2)13-11-21-20-8-6-16-15-17(24)7-9-18(16)19(20)10-14-23(21,22)3/h5-6,8,12,15,18-21H,4,7,9-11,13-14H2,1-3H3/b12-5-. The number of carbonyl (C=O) groups is 1. The van der Waals surface area contributed by atoms with Gasteiger partial charge in [-0.1, -0.05) is 45.1 Å². The third-order valence-corrected chi connectivity index (χ3v) is 8.26. The molecular weight excluding hydrogens is 292 g/mol. The Bertz CT molecular complexity index is 624. The fraction of sp³-hybridized carbons (Fsp3) is 0.696. The van der Waals surface area contributed by atoms with Crippen molar-refractivity contribution in [1.82, 2.24) is 0 Å². The van der Waals surface area contributed by atoms with Crippen LogP contribution in [-0.2, 0) is 4.79 Å². The molecule has 4 aliphatic rings. The van der Waals surface area contributed by atoms with E-state index in [2.05, 4.69) is 45.1 Å². The fourth-order valence-corrected chi connectivity index (χ4v) is 6.61. The summed E-state index contributed by atoms with van der Waals surface area (Å²) in [6.45, 7) is 7.33. The lowest BCUT2D eigenvalue weighted by Crippen LogP contribution is -2.47. The third kappa shape index (κ3) is 2.23. The van der Waals surface area contributed by atoms with Crippen LogP contribution < -0.4 is 0 Å². The summed E-state index contributed by atoms with van der Waals surface area (Å²) in [5.41, 5.74) is 2.14. The van der Waals surface area contributed by atoms with Gasteiger partial charge in [0.15, 0.2) is 5.78 Å². The summed E-state index contributed by atoms with van der Waals surface area (Å²) in [7, 11) is 0. The molecule has 0 aromatic rings. The topological polar surface area (TPSA) is 17.1 Å². The van der Waals surface area contributed by atoms with Gasteiger partial charge in [-0.25, -0.2) is 0 Å². The van der Waals surface area contributed by atoms with Crippen LogP contribution in [0.3, 0.4) is 0 Å². The van der Waals surface area contributed by atoms with Crippen LogP contribution in [0.25, 0.3) is 0 Å². The Morgan fingerprint density at radius 1 is 1.21 bits per heavy atom. The highest BCUT2D eigenvalue weighted by atomic mass is 16.1. The van der Waals surface area contributed by atoms with E-state index in [-0.39, 0.29) is 0 Å². The van der Waals surface area contributed by atoms with Crippen molar-refractivity contribution >= 4 is 5.78 Å². The first kappa shape index (κ1) is 16.4. The number of rotatable bonds is 2. The SMILES string of the molecule is CC/C=C\C1(C)CCC2C3C=CC4=CC(=O)CCC4C3CCC21C. The second-order valence-electron chi connectivity index (χ2n) is 9.19. The Morgan fingerprint density at radius 2 is 2.04 bits per heavy atom. The molecule has 0 bridgehead atoms. The van der Waals surface area contributed by atoms with Crippen molar-refractivity contribution in [2.24, 2.45) is 34.5 Å². The monoisotopic (exact) mass is 324 g/mol. The molecule has 130 valence electrons. The highest BCUT2D eigenvalue weighted by Crippen LogP contribution is 2.67. The first-order chi connectivity index (χ1) is 11.5. The van der Waals surface area contributed by atoms with Crippen molar-refractivity contribution in [2.45, 2.75) is 65.7 Å². The van der Waals surface area contributed by atoms with Gasteiger partial charge in [0.2, 0.25) is 0 Å². The van der Waals surface area contributed by atoms with E-state index in [1.54, 1.807) is 0 Å². The zero-order valence-corrected chi connectivity index (χ0v) is 15.6. The summed E-state index contributed by atoms with van der Waals surface area (Å²) >= 11 is 0. The van der Waals surface area contributed by atoms with Gasteiger partial charge in [-0.15, -0.1) is 0 Å². The summed E-state index contributed by atoms with van der Waals surface area (Å²) in [5.74, 6) is 3.32. The lowest BCUT2D eigenvalue weighted by atomic mass is 9.50. The molecule has 24 heavy (non-hydrogen) atoms. The summed E-state index contributed by atoms with van der Waals surface area (Å²) in [6, 6.07) is 0. The Balaban J connectivity index is 1.66. The van der Waals surface area contributed by atoms with Gasteiger partial charge in [0.05, 0.1) is 0 Å². The minimum atomic E-state index is 0.336. The van der Waals surface area contributed by atoms with Crippen LogP contribution in [0.5, 0.6) is 0 Å². The second-order valence-corrected chi connectivity index (χ2v) is 9.19. The van der Waals surface area contributed by atoms with E-state index in [1.807, 2.05) is 6.08 Å². The normalized spacial score (nSPS) is 47.3. The van der Waals surface area contributed by atoms with E-state index >= 15 is 0 Å². The molecule has 2 saturated carbocycles. The van der Waals surface area contributed by atoms with E-state index in [9.17, 15) is 4.79 Å². The highest BCUT2D eigenvalue weighted by molar-refractivity contribution is 5.91. The lowest BCUT2D eigenvalue weighted by molar-refractivity contribution is -0.115. The number of allylic oxidation sites excluding steroid dienone is 6. The molecule has 6 unspecified atom stereocenters. The number of hydrogen-bond acceptors (Lipinski definition) is 1. The maximum absolute atomic E-state index is 11.8. The van der Waals surface area contributed by atoms with Crippen LogP contribution in [0, 0.1) is 34.5 Å². The quantitative estimate of drug-likeness (QED) is 0.580. The molecule has 0 N–H and O–H groups in total. The van der Waals surface area contributed by atoms with Gasteiger partial charge in [-0.3, -0.25) is 4.79 Å². The van der Waals surface area contributed by atoms with Gasteiger partial charge in [-0.05, 0) is 84.7 Å². The summed E-state index contributed by atoms with van der Waals surface area (Å²) in [5, 5.41) is 0. The van der Waals surface area contributed by atoms with Crippen LogP contribution in [0.1, 0.15) is 65.7 Å². The highest BCUT2D eigenvalue weighted by Gasteiger charge is 2.59. The Hall–Kier alpha value is -1.11. The fourth-order valence-electron chi connectivity index (χ4n) is 6.61. The lowest BCUT2D eigenvalue weighted by Gasteiger charge is -2.54. The molecule has 0 heterocycles. The first-order valence-corrected chi connectivity index (χ1v) is 10.1. The summed E-state index contributed by atoms with van der Waals surface area (Å²) in [4.78, 5) is 11.8. The number of ketones is 1. The molecular formula is C23H32O. The van der Waals surface area contributed by atoms with Crippen molar-refractivity contribution in [2.75, 3.05) is 0 Å². The van der Waals surface area contributed by atoms with Crippen molar-refractivity contribution in [3.63, 3.8) is 0 Å². The van der Waals surface area contributed by atoms with Crippen molar-refractivity contribution < 1.29 is 4.79 Å². The molecule has 0 aromatic carbocycles. The zero-order valence-electron chi connectivity index (χ0n) is 15.6. The molecule has 0 amide bonds. The van der Waals surface area contributed by atoms with Crippen LogP contribution in [-0.4, -0.2) is 5.78 Å². The number of fused-ring (bicyclic) bond motifs is 5. The minimum absolute atomic E-state index is 0.336. The van der Waals surface area contributed by atoms with Gasteiger partial charge in [0, 0.05) is 6.42 Å². The van der Waals surface area contributed by atoms with Crippen molar-refractivity contribution in [3.05, 3.63) is 36.0 Å². The van der Waals surface area contributed by atoms with E-state index in [4.69, 9.17) is 0 Å². The molecule has 0 aliphatic heterocycles. The number of carbonyl (C=O) groups excluding carboxylic acids is 1. The van der Waals surface area contributed by atoms with Crippen molar-refractivity contribution in [1.29, 1.82) is 0 Å². The molecule has 4 rings (SSSR count). The predicted molar refractivity (Wildman–Crippen MR) is 99.5 cm³/mol. The van der Waals surface area contributed by atoms with E-state index in [0.717, 1.165) is 37.0 Å². The molecule has 0 aromatic heterocycles. The molecule has 6 atom stereocenters. The molecule has 4 aliphatic carbocycles. The largest absolute Gasteiger partial charge is 0.295 e. The summed E-state index contributed by atoms with van der Waals surface area (Å²) in [6.07, 6.45) is 20.1. The van der Waals surface area contributed by atoms with Crippen LogP contribution >= 0.6 is 0 Å². The van der Waals surface area contributed by atoms with E-state index < -0.39 is 0 Å². The summed E-state index contributed by atoms with van der Waals surface area (Å²) < 4.78 is 0. The zero-order chi connectivity index (χ0) is 16.9. The Kier molecular flexibility index (Phi) is 3.90. The van der Waals surface area contributed by atoms with Crippen LogP contribution in [0.4, 0.5) is 0 Å². The van der Waals surface area contributed by atoms with Crippen LogP contribution in [0.15, 0.2) is 36.0 Å². The molecule has 1 heteroatoms. The average molecular weight is 325 g/mol. The van der Waals surface area contributed by atoms with Gasteiger partial charge >= 0.3 is 0 Å². The predicted octanol–water partition coefficient (Wildman–Crippen LogP) is 5.88. The van der Waals surface area contributed by atoms with E-state index in [1.165, 1.54) is 31.3 Å². The Labute approximate surface area is 147 Å². The van der Waals surface area contributed by atoms with Gasteiger partial charge < -0.3 is 0 Å². The smallest absolute Gasteiger partial charge is 0.155 e. The van der Waals surface area contributed by atoms with Gasteiger partial charge in [0.1, 0.15) is 0 Å². The maximum atomic E-state index is 11.8. The van der Waals surface area contributed by atoms with Gasteiger partial charge in [0.25, 0.3) is 0 Å². The molecule has 1 nitrogen and oxygen atoms in total. The Morgan fingerprint density at radius 3 is 2.83 bits per heavy atom. The molecule has 0 spiro atoms. The number of hydrogen-bond donors (Lipinski definition) is 0. The second kappa shape index (κ2) is 5.71. The van der Waals surface area contributed by atoms with E-state index in [0.29, 0.717) is 22.5 Å². The third-order valence-electron chi connectivity index (χ3n) is 8.26. The molecule has 2 fully saturated rings. The van der Waals surface area contributed by atoms with Gasteiger partial charge in [-0.2, -0.15) is 0 Å².